The summed E-state index contributed by atoms with van der Waals surface area (Å²) < 4.78 is 5.27. The minimum absolute atomic E-state index is 0.0152. The number of fused-ring (bicyclic) bond motifs is 1. The summed E-state index contributed by atoms with van der Waals surface area (Å²) in [6.45, 7) is 2.19. The molecular formula is C19H19ClN2O3S. The van der Waals surface area contributed by atoms with Crippen LogP contribution in [-0.4, -0.2) is 31.2 Å². The van der Waals surface area contributed by atoms with E-state index in [0.717, 1.165) is 16.1 Å². The van der Waals surface area contributed by atoms with E-state index >= 15 is 0 Å². The fourth-order valence-electron chi connectivity index (χ4n) is 2.75. The number of ether oxygens (including phenoxy) is 1. The SMILES string of the molecule is COc1cc(Cl)c(C)cc1NC(=O)CCN1C(=O)CSc2ccccc21. The normalized spacial score (nSPS) is 13.3. The molecule has 2 amide bonds. The first kappa shape index (κ1) is 18.6. The maximum Gasteiger partial charge on any atom is 0.237 e. The van der Waals surface area contributed by atoms with Gasteiger partial charge >= 0.3 is 0 Å². The Morgan fingerprint density at radius 3 is 2.88 bits per heavy atom. The Morgan fingerprint density at radius 1 is 1.35 bits per heavy atom. The smallest absolute Gasteiger partial charge is 0.237 e. The molecule has 0 unspecified atom stereocenters. The third kappa shape index (κ3) is 3.97. The van der Waals surface area contributed by atoms with Crippen LogP contribution in [0.15, 0.2) is 41.3 Å². The zero-order valence-corrected chi connectivity index (χ0v) is 16.1. The number of methoxy groups -OCH3 is 1. The molecule has 3 rings (SSSR count). The van der Waals surface area contributed by atoms with Crippen molar-refractivity contribution >= 4 is 46.6 Å². The van der Waals surface area contributed by atoms with E-state index in [2.05, 4.69) is 5.32 Å². The van der Waals surface area contributed by atoms with Crippen LogP contribution in [0.3, 0.4) is 0 Å². The molecule has 0 radical (unpaired) electrons. The van der Waals surface area contributed by atoms with Gasteiger partial charge in [-0.1, -0.05) is 23.7 Å². The lowest BCUT2D eigenvalue weighted by Crippen LogP contribution is -2.37. The van der Waals surface area contributed by atoms with Crippen molar-refractivity contribution in [3.8, 4) is 5.75 Å². The monoisotopic (exact) mass is 390 g/mol. The second-order valence-electron chi connectivity index (χ2n) is 5.90. The van der Waals surface area contributed by atoms with E-state index in [0.29, 0.717) is 28.8 Å². The molecule has 0 bridgehead atoms. The van der Waals surface area contributed by atoms with E-state index in [1.807, 2.05) is 31.2 Å². The summed E-state index contributed by atoms with van der Waals surface area (Å²) in [6.07, 6.45) is 0.190. The van der Waals surface area contributed by atoms with Crippen LogP contribution in [0.1, 0.15) is 12.0 Å². The van der Waals surface area contributed by atoms with Crippen molar-refractivity contribution in [1.29, 1.82) is 0 Å². The summed E-state index contributed by atoms with van der Waals surface area (Å²) in [5, 5.41) is 3.42. The summed E-state index contributed by atoms with van der Waals surface area (Å²) in [6, 6.07) is 11.2. The average Bonchev–Trinajstić information content (AvgIpc) is 2.63. The quantitative estimate of drug-likeness (QED) is 0.834. The number of hydrogen-bond acceptors (Lipinski definition) is 4. The maximum absolute atomic E-state index is 12.4. The van der Waals surface area contributed by atoms with E-state index in [1.54, 1.807) is 17.0 Å². The molecular weight excluding hydrogens is 372 g/mol. The number of amides is 2. The standard InChI is InChI=1S/C19H19ClN2O3S/c1-12-9-14(16(25-2)10-13(12)20)21-18(23)7-8-22-15-5-3-4-6-17(15)26-11-19(22)24/h3-6,9-10H,7-8,11H2,1-2H3,(H,21,23). The molecule has 26 heavy (non-hydrogen) atoms. The number of nitrogens with zero attached hydrogens (tertiary/aromatic N) is 1. The molecule has 0 saturated heterocycles. The molecule has 5 nitrogen and oxygen atoms in total. The number of anilines is 2. The summed E-state index contributed by atoms with van der Waals surface area (Å²) in [5.74, 6) is 0.725. The van der Waals surface area contributed by atoms with Gasteiger partial charge in [0.25, 0.3) is 0 Å². The average molecular weight is 391 g/mol. The first-order valence-corrected chi connectivity index (χ1v) is 9.52. The lowest BCUT2D eigenvalue weighted by atomic mass is 10.2. The van der Waals surface area contributed by atoms with Crippen LogP contribution in [0, 0.1) is 6.92 Å². The molecule has 0 aromatic heterocycles. The largest absolute Gasteiger partial charge is 0.495 e. The van der Waals surface area contributed by atoms with E-state index in [1.165, 1.54) is 18.9 Å². The highest BCUT2D eigenvalue weighted by Gasteiger charge is 2.24. The summed E-state index contributed by atoms with van der Waals surface area (Å²) in [7, 11) is 1.53. The van der Waals surface area contributed by atoms with Gasteiger partial charge in [0.05, 0.1) is 24.2 Å². The van der Waals surface area contributed by atoms with Gasteiger partial charge in [0.15, 0.2) is 0 Å². The zero-order chi connectivity index (χ0) is 18.7. The number of rotatable bonds is 5. The topological polar surface area (TPSA) is 58.6 Å². The first-order valence-electron chi connectivity index (χ1n) is 8.16. The Hall–Kier alpha value is -2.18. The number of thioether (sulfide) groups is 1. The van der Waals surface area contributed by atoms with Crippen molar-refractivity contribution in [3.63, 3.8) is 0 Å². The Kier molecular flexibility index (Phi) is 5.74. The molecule has 136 valence electrons. The van der Waals surface area contributed by atoms with E-state index in [-0.39, 0.29) is 18.2 Å². The third-order valence-corrected chi connectivity index (χ3v) is 5.58. The molecule has 0 aliphatic carbocycles. The summed E-state index contributed by atoms with van der Waals surface area (Å²) in [4.78, 5) is 27.4. The fraction of sp³-hybridized carbons (Fsp3) is 0.263. The molecule has 2 aromatic rings. The van der Waals surface area contributed by atoms with Gasteiger partial charge in [0.1, 0.15) is 5.75 Å². The van der Waals surface area contributed by atoms with Gasteiger partial charge in [-0.05, 0) is 30.7 Å². The molecule has 0 spiro atoms. The van der Waals surface area contributed by atoms with Crippen molar-refractivity contribution in [2.75, 3.05) is 29.6 Å². The summed E-state index contributed by atoms with van der Waals surface area (Å²) in [5.41, 5.74) is 2.28. The third-order valence-electron chi connectivity index (χ3n) is 4.13. The number of benzene rings is 2. The Labute approximate surface area is 161 Å². The number of carbonyl (C=O) groups is 2. The predicted molar refractivity (Wildman–Crippen MR) is 106 cm³/mol. The summed E-state index contributed by atoms with van der Waals surface area (Å²) >= 11 is 7.61. The van der Waals surface area contributed by atoms with E-state index < -0.39 is 0 Å². The molecule has 7 heteroatoms. The van der Waals surface area contributed by atoms with Gasteiger partial charge in [-0.3, -0.25) is 9.59 Å². The highest BCUT2D eigenvalue weighted by atomic mass is 35.5. The van der Waals surface area contributed by atoms with Crippen LogP contribution in [0.5, 0.6) is 5.75 Å². The number of hydrogen-bond donors (Lipinski definition) is 1. The van der Waals surface area contributed by atoms with E-state index in [9.17, 15) is 9.59 Å². The van der Waals surface area contributed by atoms with Gasteiger partial charge < -0.3 is 15.0 Å². The van der Waals surface area contributed by atoms with E-state index in [4.69, 9.17) is 16.3 Å². The predicted octanol–water partition coefficient (Wildman–Crippen LogP) is 4.12. The van der Waals surface area contributed by atoms with Crippen molar-refractivity contribution < 1.29 is 14.3 Å². The number of nitrogens with one attached hydrogen (secondary N) is 1. The second-order valence-corrected chi connectivity index (χ2v) is 7.33. The van der Waals surface area contributed by atoms with Gasteiger partial charge in [-0.15, -0.1) is 11.8 Å². The number of carbonyl (C=O) groups excluding carboxylic acids is 2. The Balaban J connectivity index is 1.68. The van der Waals surface area contributed by atoms with Crippen molar-refractivity contribution in [1.82, 2.24) is 0 Å². The molecule has 1 aliphatic heterocycles. The molecule has 0 atom stereocenters. The van der Waals surface area contributed by atoms with Crippen LogP contribution in [0.4, 0.5) is 11.4 Å². The van der Waals surface area contributed by atoms with Crippen LogP contribution in [0.25, 0.3) is 0 Å². The highest BCUT2D eigenvalue weighted by molar-refractivity contribution is 8.00. The van der Waals surface area contributed by atoms with Crippen molar-refractivity contribution in [2.45, 2.75) is 18.2 Å². The lowest BCUT2D eigenvalue weighted by Gasteiger charge is -2.28. The Morgan fingerprint density at radius 2 is 2.12 bits per heavy atom. The van der Waals surface area contributed by atoms with Gasteiger partial charge in [0, 0.05) is 29.0 Å². The maximum atomic E-state index is 12.4. The molecule has 1 aliphatic rings. The number of para-hydroxylation sites is 1. The fourth-order valence-corrected chi connectivity index (χ4v) is 3.84. The molecule has 0 fully saturated rings. The number of halogens is 1. The second kappa shape index (κ2) is 8.01. The first-order chi connectivity index (χ1) is 12.5. The molecule has 0 saturated carbocycles. The van der Waals surface area contributed by atoms with Crippen molar-refractivity contribution in [2.24, 2.45) is 0 Å². The van der Waals surface area contributed by atoms with Crippen molar-refractivity contribution in [3.05, 3.63) is 47.0 Å². The molecule has 1 heterocycles. The van der Waals surface area contributed by atoms with Crippen LogP contribution >= 0.6 is 23.4 Å². The zero-order valence-electron chi connectivity index (χ0n) is 14.5. The van der Waals surface area contributed by atoms with Gasteiger partial charge in [-0.2, -0.15) is 0 Å². The van der Waals surface area contributed by atoms with Gasteiger partial charge in [0.2, 0.25) is 11.8 Å². The minimum atomic E-state index is -0.187. The highest BCUT2D eigenvalue weighted by Crippen LogP contribution is 2.35. The van der Waals surface area contributed by atoms with Crippen LogP contribution in [0.2, 0.25) is 5.02 Å². The van der Waals surface area contributed by atoms with Crippen LogP contribution < -0.4 is 15.0 Å². The molecule has 2 aromatic carbocycles. The number of aryl methyl sites for hydroxylation is 1. The molecule has 1 N–H and O–H groups in total. The van der Waals surface area contributed by atoms with Gasteiger partial charge in [-0.25, -0.2) is 0 Å². The lowest BCUT2D eigenvalue weighted by molar-refractivity contribution is -0.117. The van der Waals surface area contributed by atoms with Crippen LogP contribution in [-0.2, 0) is 9.59 Å². The Bertz CT molecular complexity index is 857. The minimum Gasteiger partial charge on any atom is -0.495 e.